The van der Waals surface area contributed by atoms with Crippen molar-refractivity contribution in [2.75, 3.05) is 17.4 Å². The van der Waals surface area contributed by atoms with Gasteiger partial charge < -0.3 is 10.2 Å². The molecule has 0 saturated heterocycles. The topological polar surface area (TPSA) is 86.8 Å². The van der Waals surface area contributed by atoms with Gasteiger partial charge in [0.05, 0.1) is 10.6 Å². The first kappa shape index (κ1) is 30.2. The van der Waals surface area contributed by atoms with Crippen molar-refractivity contribution in [2.24, 2.45) is 0 Å². The molecule has 39 heavy (non-hydrogen) atoms. The van der Waals surface area contributed by atoms with Gasteiger partial charge in [-0.1, -0.05) is 72.6 Å². The van der Waals surface area contributed by atoms with Gasteiger partial charge in [0.1, 0.15) is 12.6 Å². The average Bonchev–Trinajstić information content (AvgIpc) is 2.89. The lowest BCUT2D eigenvalue weighted by Crippen LogP contribution is -2.54. The third kappa shape index (κ3) is 8.07. The second-order valence-corrected chi connectivity index (χ2v) is 12.0. The van der Waals surface area contributed by atoms with Crippen molar-refractivity contribution in [1.82, 2.24) is 10.2 Å². The van der Waals surface area contributed by atoms with E-state index in [-0.39, 0.29) is 29.1 Å². The molecule has 0 unspecified atom stereocenters. The maximum absolute atomic E-state index is 14.0. The Morgan fingerprint density at radius 3 is 2.21 bits per heavy atom. The number of hydrogen-bond donors (Lipinski definition) is 1. The molecular weight excluding hydrogens is 534 g/mol. The molecule has 0 radical (unpaired) electrons. The van der Waals surface area contributed by atoms with Crippen LogP contribution in [0.4, 0.5) is 5.69 Å². The number of anilines is 1. The third-order valence-corrected chi connectivity index (χ3v) is 8.31. The summed E-state index contributed by atoms with van der Waals surface area (Å²) in [5, 5.41) is 3.24. The number of rotatable bonds is 12. The fourth-order valence-electron chi connectivity index (χ4n) is 4.27. The van der Waals surface area contributed by atoms with Crippen LogP contribution in [0.25, 0.3) is 0 Å². The molecule has 0 bridgehead atoms. The molecule has 3 aromatic rings. The average molecular weight is 570 g/mol. The van der Waals surface area contributed by atoms with E-state index < -0.39 is 28.5 Å². The Bertz CT molecular complexity index is 1360. The summed E-state index contributed by atoms with van der Waals surface area (Å²) in [6, 6.07) is 21.6. The van der Waals surface area contributed by atoms with Gasteiger partial charge in [0.15, 0.2) is 0 Å². The zero-order valence-corrected chi connectivity index (χ0v) is 24.4. The van der Waals surface area contributed by atoms with Gasteiger partial charge in [0.25, 0.3) is 10.0 Å². The molecule has 1 N–H and O–H groups in total. The number of sulfonamides is 1. The van der Waals surface area contributed by atoms with Crippen molar-refractivity contribution in [1.29, 1.82) is 0 Å². The molecule has 2 amide bonds. The maximum atomic E-state index is 14.0. The molecule has 0 spiro atoms. The lowest BCUT2D eigenvalue weighted by Gasteiger charge is -2.33. The van der Waals surface area contributed by atoms with E-state index in [9.17, 15) is 18.0 Å². The largest absolute Gasteiger partial charge is 0.352 e. The van der Waals surface area contributed by atoms with E-state index in [0.717, 1.165) is 15.4 Å². The normalized spacial score (nSPS) is 12.2. The molecule has 0 heterocycles. The Morgan fingerprint density at radius 2 is 1.62 bits per heavy atom. The highest BCUT2D eigenvalue weighted by molar-refractivity contribution is 7.92. The standard InChI is InChI=1S/C30H36ClN3O4S/c1-5-28(30(36)32-22(2)3)33(19-18-24-10-7-6-8-11-24)29(35)21-34(26-13-9-12-25(31)20-26)39(37,38)27-16-14-23(4)15-17-27/h6-17,20,22,28H,5,18-19,21H2,1-4H3,(H,32,36)/t28-/m0/s1. The number of nitrogens with one attached hydrogen (secondary N) is 1. The van der Waals surface area contributed by atoms with Crippen LogP contribution in [-0.2, 0) is 26.0 Å². The highest BCUT2D eigenvalue weighted by atomic mass is 35.5. The number of carbonyl (C=O) groups excluding carboxylic acids is 2. The van der Waals surface area contributed by atoms with Crippen LogP contribution >= 0.6 is 11.6 Å². The molecule has 0 fully saturated rings. The van der Waals surface area contributed by atoms with Crippen molar-refractivity contribution in [3.05, 3.63) is 95.0 Å². The second kappa shape index (κ2) is 13.6. The fraction of sp³-hybridized carbons (Fsp3) is 0.333. The summed E-state index contributed by atoms with van der Waals surface area (Å²) in [6.45, 7) is 7.18. The Balaban J connectivity index is 2.01. The van der Waals surface area contributed by atoms with Crippen molar-refractivity contribution in [3.8, 4) is 0 Å². The molecule has 7 nitrogen and oxygen atoms in total. The molecule has 0 aliphatic carbocycles. The van der Waals surface area contributed by atoms with E-state index >= 15 is 0 Å². The van der Waals surface area contributed by atoms with Gasteiger partial charge in [0, 0.05) is 17.6 Å². The molecule has 0 aromatic heterocycles. The number of aryl methyl sites for hydroxylation is 1. The van der Waals surface area contributed by atoms with Gasteiger partial charge in [-0.05, 0) is 69.5 Å². The van der Waals surface area contributed by atoms with Crippen molar-refractivity contribution < 1.29 is 18.0 Å². The van der Waals surface area contributed by atoms with Gasteiger partial charge in [0.2, 0.25) is 11.8 Å². The van der Waals surface area contributed by atoms with Crippen LogP contribution in [0.15, 0.2) is 83.8 Å². The lowest BCUT2D eigenvalue weighted by molar-refractivity contribution is -0.139. The lowest BCUT2D eigenvalue weighted by atomic mass is 10.1. The van der Waals surface area contributed by atoms with Crippen LogP contribution in [0.2, 0.25) is 5.02 Å². The zero-order valence-electron chi connectivity index (χ0n) is 22.8. The molecule has 0 aliphatic heterocycles. The maximum Gasteiger partial charge on any atom is 0.264 e. The molecule has 0 aliphatic rings. The van der Waals surface area contributed by atoms with Crippen molar-refractivity contribution in [3.63, 3.8) is 0 Å². The van der Waals surface area contributed by atoms with E-state index in [1.54, 1.807) is 30.3 Å². The summed E-state index contributed by atoms with van der Waals surface area (Å²) in [5.41, 5.74) is 2.18. The summed E-state index contributed by atoms with van der Waals surface area (Å²) in [4.78, 5) is 28.7. The quantitative estimate of drug-likeness (QED) is 0.324. The number of carbonyl (C=O) groups is 2. The summed E-state index contributed by atoms with van der Waals surface area (Å²) in [5.74, 6) is -0.753. The zero-order chi connectivity index (χ0) is 28.6. The Hall–Kier alpha value is -3.36. The predicted octanol–water partition coefficient (Wildman–Crippen LogP) is 5.22. The SMILES string of the molecule is CC[C@@H](C(=O)NC(C)C)N(CCc1ccccc1)C(=O)CN(c1cccc(Cl)c1)S(=O)(=O)c1ccc(C)cc1. The van der Waals surface area contributed by atoms with Crippen molar-refractivity contribution in [2.45, 2.75) is 57.5 Å². The van der Waals surface area contributed by atoms with Crippen LogP contribution in [0.1, 0.15) is 38.3 Å². The first-order valence-corrected chi connectivity index (χ1v) is 14.8. The summed E-state index contributed by atoms with van der Waals surface area (Å²) >= 11 is 6.22. The minimum Gasteiger partial charge on any atom is -0.352 e. The third-order valence-electron chi connectivity index (χ3n) is 6.29. The summed E-state index contributed by atoms with van der Waals surface area (Å²) < 4.78 is 28.8. The molecule has 3 rings (SSSR count). The van der Waals surface area contributed by atoms with Crippen LogP contribution in [0.3, 0.4) is 0 Å². The molecule has 1 atom stereocenters. The minimum atomic E-state index is -4.13. The first-order valence-electron chi connectivity index (χ1n) is 13.0. The molecule has 3 aromatic carbocycles. The summed E-state index contributed by atoms with van der Waals surface area (Å²) in [7, 11) is -4.13. The number of amides is 2. The number of benzene rings is 3. The molecule has 9 heteroatoms. The molecule has 208 valence electrons. The minimum absolute atomic E-state index is 0.0568. The highest BCUT2D eigenvalue weighted by Gasteiger charge is 2.33. The fourth-order valence-corrected chi connectivity index (χ4v) is 5.86. The number of hydrogen-bond acceptors (Lipinski definition) is 4. The second-order valence-electron chi connectivity index (χ2n) is 9.71. The van der Waals surface area contributed by atoms with E-state index in [4.69, 9.17) is 11.6 Å². The summed E-state index contributed by atoms with van der Waals surface area (Å²) in [6.07, 6.45) is 0.890. The Labute approximate surface area is 236 Å². The molecular formula is C30H36ClN3O4S. The van der Waals surface area contributed by atoms with E-state index in [1.165, 1.54) is 23.1 Å². The van der Waals surface area contributed by atoms with Crippen LogP contribution < -0.4 is 9.62 Å². The molecule has 0 saturated carbocycles. The monoisotopic (exact) mass is 569 g/mol. The van der Waals surface area contributed by atoms with Crippen LogP contribution in [0, 0.1) is 6.92 Å². The highest BCUT2D eigenvalue weighted by Crippen LogP contribution is 2.27. The van der Waals surface area contributed by atoms with Crippen LogP contribution in [0.5, 0.6) is 0 Å². The van der Waals surface area contributed by atoms with Gasteiger partial charge in [-0.15, -0.1) is 0 Å². The predicted molar refractivity (Wildman–Crippen MR) is 156 cm³/mol. The van der Waals surface area contributed by atoms with Gasteiger partial charge in [-0.2, -0.15) is 0 Å². The van der Waals surface area contributed by atoms with E-state index in [1.807, 2.05) is 58.0 Å². The Kier molecular flexibility index (Phi) is 10.5. The van der Waals surface area contributed by atoms with E-state index in [0.29, 0.717) is 17.9 Å². The smallest absolute Gasteiger partial charge is 0.264 e. The van der Waals surface area contributed by atoms with Gasteiger partial charge in [-0.25, -0.2) is 8.42 Å². The van der Waals surface area contributed by atoms with Crippen LogP contribution in [-0.4, -0.2) is 50.3 Å². The van der Waals surface area contributed by atoms with E-state index in [2.05, 4.69) is 5.32 Å². The van der Waals surface area contributed by atoms with Crippen molar-refractivity contribution >= 4 is 39.1 Å². The van der Waals surface area contributed by atoms with Gasteiger partial charge in [-0.3, -0.25) is 13.9 Å². The first-order chi connectivity index (χ1) is 18.5. The Morgan fingerprint density at radius 1 is 0.949 bits per heavy atom. The number of nitrogens with zero attached hydrogens (tertiary/aromatic N) is 2. The van der Waals surface area contributed by atoms with Gasteiger partial charge >= 0.3 is 0 Å². The number of halogens is 1.